The van der Waals surface area contributed by atoms with E-state index in [0.29, 0.717) is 5.75 Å². The molecule has 0 aliphatic carbocycles. The summed E-state index contributed by atoms with van der Waals surface area (Å²) in [6.45, 7) is 0.123. The SMILES string of the molecule is O=C(Cl)CNC(=O)CCOc1ccccc1. The fraction of sp³-hybridized carbons (Fsp3) is 0.273. The minimum atomic E-state index is -0.586. The van der Waals surface area contributed by atoms with E-state index in [1.807, 2.05) is 18.2 Å². The Morgan fingerprint density at radius 2 is 1.94 bits per heavy atom. The van der Waals surface area contributed by atoms with Gasteiger partial charge in [-0.2, -0.15) is 0 Å². The van der Waals surface area contributed by atoms with E-state index in [2.05, 4.69) is 5.32 Å². The number of halogens is 1. The van der Waals surface area contributed by atoms with Crippen molar-refractivity contribution in [1.29, 1.82) is 0 Å². The molecule has 0 aliphatic heterocycles. The number of nitrogens with one attached hydrogen (secondary N) is 1. The second-order valence-corrected chi connectivity index (χ2v) is 3.46. The summed E-state index contributed by atoms with van der Waals surface area (Å²) in [4.78, 5) is 21.5. The van der Waals surface area contributed by atoms with E-state index < -0.39 is 5.24 Å². The molecule has 0 heterocycles. The molecule has 0 spiro atoms. The average molecular weight is 242 g/mol. The Bertz CT molecular complexity index is 354. The van der Waals surface area contributed by atoms with Gasteiger partial charge in [-0.05, 0) is 23.7 Å². The van der Waals surface area contributed by atoms with Crippen molar-refractivity contribution in [3.8, 4) is 5.75 Å². The molecule has 1 aromatic rings. The number of ether oxygens (including phenoxy) is 1. The van der Waals surface area contributed by atoms with Crippen molar-refractivity contribution in [2.24, 2.45) is 0 Å². The zero-order valence-corrected chi connectivity index (χ0v) is 9.37. The third-order valence-electron chi connectivity index (χ3n) is 1.77. The Balaban J connectivity index is 2.16. The molecule has 0 aromatic heterocycles. The van der Waals surface area contributed by atoms with E-state index >= 15 is 0 Å². The quantitative estimate of drug-likeness (QED) is 0.765. The van der Waals surface area contributed by atoms with Crippen molar-refractivity contribution in [3.05, 3.63) is 30.3 Å². The van der Waals surface area contributed by atoms with Gasteiger partial charge in [0.15, 0.2) is 0 Å². The fourth-order valence-electron chi connectivity index (χ4n) is 1.03. The number of rotatable bonds is 6. The van der Waals surface area contributed by atoms with Crippen LogP contribution in [0.1, 0.15) is 6.42 Å². The molecule has 0 radical (unpaired) electrons. The highest BCUT2D eigenvalue weighted by molar-refractivity contribution is 6.64. The molecule has 86 valence electrons. The van der Waals surface area contributed by atoms with Crippen LogP contribution in [0.15, 0.2) is 30.3 Å². The first-order valence-electron chi connectivity index (χ1n) is 4.81. The van der Waals surface area contributed by atoms with E-state index in [1.165, 1.54) is 0 Å². The van der Waals surface area contributed by atoms with Gasteiger partial charge in [0.25, 0.3) is 0 Å². The summed E-state index contributed by atoms with van der Waals surface area (Å²) < 4.78 is 5.30. The van der Waals surface area contributed by atoms with Crippen LogP contribution in [0.5, 0.6) is 5.75 Å². The number of hydrogen-bond acceptors (Lipinski definition) is 3. The molecule has 0 saturated heterocycles. The highest BCUT2D eigenvalue weighted by Crippen LogP contribution is 2.08. The Kier molecular flexibility index (Phi) is 5.36. The van der Waals surface area contributed by atoms with Crippen LogP contribution < -0.4 is 10.1 Å². The third-order valence-corrected chi connectivity index (χ3v) is 1.90. The molecule has 5 heteroatoms. The lowest BCUT2D eigenvalue weighted by molar-refractivity contribution is -0.123. The van der Waals surface area contributed by atoms with Crippen LogP contribution in [0.3, 0.4) is 0 Å². The topological polar surface area (TPSA) is 55.4 Å². The summed E-state index contributed by atoms with van der Waals surface area (Å²) in [6, 6.07) is 9.19. The van der Waals surface area contributed by atoms with Crippen LogP contribution in [-0.4, -0.2) is 24.3 Å². The van der Waals surface area contributed by atoms with Gasteiger partial charge in [-0.25, -0.2) is 0 Å². The van der Waals surface area contributed by atoms with Gasteiger partial charge in [0.05, 0.1) is 19.6 Å². The number of hydrogen-bond donors (Lipinski definition) is 1. The maximum absolute atomic E-state index is 11.1. The molecule has 1 rings (SSSR count). The van der Waals surface area contributed by atoms with Gasteiger partial charge in [-0.15, -0.1) is 0 Å². The van der Waals surface area contributed by atoms with Gasteiger partial charge in [0.1, 0.15) is 5.75 Å². The largest absolute Gasteiger partial charge is 0.493 e. The van der Waals surface area contributed by atoms with Crippen molar-refractivity contribution in [2.75, 3.05) is 13.2 Å². The number of para-hydroxylation sites is 1. The third kappa shape index (κ3) is 5.36. The minimum Gasteiger partial charge on any atom is -0.493 e. The van der Waals surface area contributed by atoms with Crippen molar-refractivity contribution in [1.82, 2.24) is 5.32 Å². The summed E-state index contributed by atoms with van der Waals surface area (Å²) in [7, 11) is 0. The molecule has 1 amide bonds. The summed E-state index contributed by atoms with van der Waals surface area (Å²) in [5.74, 6) is 0.452. The van der Waals surface area contributed by atoms with Crippen molar-refractivity contribution in [3.63, 3.8) is 0 Å². The second-order valence-electron chi connectivity index (χ2n) is 3.04. The van der Waals surface area contributed by atoms with E-state index in [9.17, 15) is 9.59 Å². The van der Waals surface area contributed by atoms with Crippen LogP contribution >= 0.6 is 11.6 Å². The normalized spacial score (nSPS) is 9.56. The van der Waals surface area contributed by atoms with E-state index in [0.717, 1.165) is 0 Å². The molecular weight excluding hydrogens is 230 g/mol. The molecule has 0 unspecified atom stereocenters. The van der Waals surface area contributed by atoms with Crippen LogP contribution in [0.25, 0.3) is 0 Å². The predicted molar refractivity (Wildman–Crippen MR) is 60.4 cm³/mol. The zero-order chi connectivity index (χ0) is 11.8. The number of amides is 1. The molecule has 16 heavy (non-hydrogen) atoms. The molecule has 0 aliphatic rings. The lowest BCUT2D eigenvalue weighted by Crippen LogP contribution is -2.28. The van der Waals surface area contributed by atoms with Crippen LogP contribution in [-0.2, 0) is 9.59 Å². The fourth-order valence-corrected chi connectivity index (χ4v) is 1.10. The molecule has 0 bridgehead atoms. The lowest BCUT2D eigenvalue weighted by atomic mass is 10.3. The number of carbonyl (C=O) groups is 2. The molecular formula is C11H12ClNO3. The molecule has 0 atom stereocenters. The molecule has 1 N–H and O–H groups in total. The van der Waals surface area contributed by atoms with Crippen molar-refractivity contribution >= 4 is 22.8 Å². The van der Waals surface area contributed by atoms with Crippen LogP contribution in [0.2, 0.25) is 0 Å². The van der Waals surface area contributed by atoms with Crippen LogP contribution in [0.4, 0.5) is 0 Å². The monoisotopic (exact) mass is 241 g/mol. The molecule has 0 saturated carbocycles. The van der Waals surface area contributed by atoms with Gasteiger partial charge in [0, 0.05) is 0 Å². The van der Waals surface area contributed by atoms with E-state index in [4.69, 9.17) is 16.3 Å². The van der Waals surface area contributed by atoms with Gasteiger partial charge < -0.3 is 10.1 Å². The highest BCUT2D eigenvalue weighted by atomic mass is 35.5. The minimum absolute atomic E-state index is 0.147. The number of benzene rings is 1. The predicted octanol–water partition coefficient (Wildman–Crippen LogP) is 1.34. The Morgan fingerprint density at radius 3 is 2.56 bits per heavy atom. The first-order chi connectivity index (χ1) is 7.68. The molecule has 4 nitrogen and oxygen atoms in total. The Labute approximate surface area is 98.5 Å². The standard InChI is InChI=1S/C11H12ClNO3/c12-10(14)8-13-11(15)6-7-16-9-4-2-1-3-5-9/h1-5H,6-8H2,(H,13,15). The maximum Gasteiger partial charge on any atom is 0.240 e. The highest BCUT2D eigenvalue weighted by Gasteiger charge is 2.03. The van der Waals surface area contributed by atoms with Crippen molar-refractivity contribution in [2.45, 2.75) is 6.42 Å². The van der Waals surface area contributed by atoms with Crippen molar-refractivity contribution < 1.29 is 14.3 Å². The van der Waals surface area contributed by atoms with Gasteiger partial charge in [0.2, 0.25) is 11.1 Å². The summed E-state index contributed by atoms with van der Waals surface area (Å²) in [5, 5.41) is 1.78. The molecule has 1 aromatic carbocycles. The van der Waals surface area contributed by atoms with Gasteiger partial charge in [-0.3, -0.25) is 9.59 Å². The van der Waals surface area contributed by atoms with Gasteiger partial charge >= 0.3 is 0 Å². The lowest BCUT2D eigenvalue weighted by Gasteiger charge is -2.05. The smallest absolute Gasteiger partial charge is 0.240 e. The van der Waals surface area contributed by atoms with Gasteiger partial charge in [-0.1, -0.05) is 18.2 Å². The van der Waals surface area contributed by atoms with E-state index in [1.54, 1.807) is 12.1 Å². The first kappa shape index (κ1) is 12.5. The Morgan fingerprint density at radius 1 is 1.25 bits per heavy atom. The Hall–Kier alpha value is -1.55. The maximum atomic E-state index is 11.1. The summed E-state index contributed by atoms with van der Waals surface area (Å²) >= 11 is 5.07. The summed E-state index contributed by atoms with van der Waals surface area (Å²) in [5.41, 5.74) is 0. The average Bonchev–Trinajstić information content (AvgIpc) is 2.28. The molecule has 0 fully saturated rings. The van der Waals surface area contributed by atoms with Crippen LogP contribution in [0, 0.1) is 0 Å². The number of carbonyl (C=O) groups excluding carboxylic acids is 2. The second kappa shape index (κ2) is 6.85. The summed E-state index contributed by atoms with van der Waals surface area (Å²) in [6.07, 6.45) is 0.194. The van der Waals surface area contributed by atoms with E-state index in [-0.39, 0.29) is 25.5 Å². The zero-order valence-electron chi connectivity index (χ0n) is 8.61. The first-order valence-corrected chi connectivity index (χ1v) is 5.19.